The van der Waals surface area contributed by atoms with Crippen LogP contribution in [0.25, 0.3) is 0 Å². The summed E-state index contributed by atoms with van der Waals surface area (Å²) < 4.78 is 18.7. The Morgan fingerprint density at radius 3 is 2.69 bits per heavy atom. The van der Waals surface area contributed by atoms with Gasteiger partial charge in [0, 0.05) is 47.8 Å². The van der Waals surface area contributed by atoms with E-state index in [1.807, 2.05) is 36.5 Å². The van der Waals surface area contributed by atoms with E-state index in [1.54, 1.807) is 0 Å². The van der Waals surface area contributed by atoms with Gasteiger partial charge in [0.1, 0.15) is 23.1 Å². The highest BCUT2D eigenvalue weighted by Gasteiger charge is 2.54. The lowest BCUT2D eigenvalue weighted by Gasteiger charge is -2.47. The highest BCUT2D eigenvalue weighted by molar-refractivity contribution is 6.30. The lowest BCUT2D eigenvalue weighted by atomic mass is 9.59. The predicted molar refractivity (Wildman–Crippen MR) is 201 cm³/mol. The molecule has 2 N–H and O–H groups in total. The molecule has 0 amide bonds. The highest BCUT2D eigenvalue weighted by Crippen LogP contribution is 2.57. The third-order valence-electron chi connectivity index (χ3n) is 12.2. The van der Waals surface area contributed by atoms with Crippen molar-refractivity contribution in [2.24, 2.45) is 11.8 Å². The summed E-state index contributed by atoms with van der Waals surface area (Å²) in [7, 11) is 0. The zero-order chi connectivity index (χ0) is 35.6. The smallest absolute Gasteiger partial charge is 0.329 e. The van der Waals surface area contributed by atoms with Gasteiger partial charge in [-0.1, -0.05) is 37.6 Å². The van der Waals surface area contributed by atoms with Crippen LogP contribution >= 0.6 is 11.6 Å². The van der Waals surface area contributed by atoms with Crippen LogP contribution in [0.3, 0.4) is 0 Å². The molecule has 3 aromatic rings. The molecule has 2 heterocycles. The molecule has 0 bridgehead atoms. The van der Waals surface area contributed by atoms with E-state index in [0.717, 1.165) is 82.1 Å². The topological polar surface area (TPSA) is 93.2 Å². The number of rotatable bonds is 12. The number of carbonyl (C=O) groups is 1. The molecule has 9 heteroatoms. The first kappa shape index (κ1) is 36.0. The molecule has 51 heavy (non-hydrogen) atoms. The molecule has 1 spiro atoms. The summed E-state index contributed by atoms with van der Waals surface area (Å²) in [6.07, 6.45) is 9.91. The van der Waals surface area contributed by atoms with E-state index >= 15 is 0 Å². The summed E-state index contributed by atoms with van der Waals surface area (Å²) >= 11 is 6.30. The van der Waals surface area contributed by atoms with E-state index in [1.165, 1.54) is 35.2 Å². The van der Waals surface area contributed by atoms with E-state index in [-0.39, 0.29) is 11.5 Å². The Balaban J connectivity index is 1.11. The summed E-state index contributed by atoms with van der Waals surface area (Å²) in [5, 5.41) is 14.7. The van der Waals surface area contributed by atoms with E-state index < -0.39 is 11.5 Å². The number of carboxylic acid groups (broad SMARTS) is 1. The van der Waals surface area contributed by atoms with Crippen LogP contribution in [0.15, 0.2) is 54.7 Å². The molecule has 1 aromatic heterocycles. The molecule has 1 aliphatic heterocycles. The maximum absolute atomic E-state index is 13.0. The van der Waals surface area contributed by atoms with Gasteiger partial charge in [-0.25, -0.2) is 4.79 Å². The number of fused-ring (bicyclic) bond motifs is 3. The Morgan fingerprint density at radius 2 is 1.92 bits per heavy atom. The van der Waals surface area contributed by atoms with E-state index in [9.17, 15) is 9.90 Å². The first-order chi connectivity index (χ1) is 24.6. The van der Waals surface area contributed by atoms with Gasteiger partial charge in [-0.2, -0.15) is 0 Å². The molecule has 0 unspecified atom stereocenters. The molecule has 3 aliphatic carbocycles. The number of nitrogens with zero attached hydrogens (tertiary/aromatic N) is 2. The molecule has 1 saturated carbocycles. The van der Waals surface area contributed by atoms with Gasteiger partial charge in [0.05, 0.1) is 19.8 Å². The molecular weight excluding hydrogens is 662 g/mol. The van der Waals surface area contributed by atoms with Crippen molar-refractivity contribution in [3.8, 4) is 11.5 Å². The lowest BCUT2D eigenvalue weighted by Crippen LogP contribution is -2.53. The highest BCUT2D eigenvalue weighted by atomic mass is 35.5. The third-order valence-corrected chi connectivity index (χ3v) is 12.5. The summed E-state index contributed by atoms with van der Waals surface area (Å²) in [4.78, 5) is 20.1. The Hall–Kier alpha value is -3.33. The van der Waals surface area contributed by atoms with Gasteiger partial charge in [0.25, 0.3) is 0 Å². The first-order valence-electron chi connectivity index (χ1n) is 19.1. The summed E-state index contributed by atoms with van der Waals surface area (Å²) in [5.74, 6) is 2.24. The number of carboxylic acids is 1. The second kappa shape index (κ2) is 15.3. The quantitative estimate of drug-likeness (QED) is 0.194. The van der Waals surface area contributed by atoms with Gasteiger partial charge in [0.15, 0.2) is 0 Å². The number of ether oxygens (including phenoxy) is 3. The fourth-order valence-corrected chi connectivity index (χ4v) is 9.76. The lowest BCUT2D eigenvalue weighted by molar-refractivity contribution is -0.144. The number of nitrogens with one attached hydrogen (secondary N) is 1. The number of aryl methyl sites for hydroxylation is 1. The van der Waals surface area contributed by atoms with Gasteiger partial charge in [-0.15, -0.1) is 0 Å². The van der Waals surface area contributed by atoms with Crippen molar-refractivity contribution < 1.29 is 24.1 Å². The fourth-order valence-electron chi connectivity index (χ4n) is 9.57. The van der Waals surface area contributed by atoms with Crippen LogP contribution in [0.5, 0.6) is 11.5 Å². The molecule has 2 aromatic carbocycles. The van der Waals surface area contributed by atoms with Crippen LogP contribution in [-0.4, -0.2) is 72.1 Å². The van der Waals surface area contributed by atoms with E-state index in [4.69, 9.17) is 25.8 Å². The minimum atomic E-state index is -1.06. The van der Waals surface area contributed by atoms with E-state index in [2.05, 4.69) is 54.2 Å². The summed E-state index contributed by atoms with van der Waals surface area (Å²) in [6, 6.07) is 16.1. The number of aliphatic carboxylic acids is 1. The molecule has 4 aliphatic rings. The third kappa shape index (κ3) is 7.74. The maximum Gasteiger partial charge on any atom is 0.329 e. The summed E-state index contributed by atoms with van der Waals surface area (Å²) in [5.41, 5.74) is 4.73. The van der Waals surface area contributed by atoms with Gasteiger partial charge in [0.2, 0.25) is 0 Å². The molecule has 1 saturated heterocycles. The van der Waals surface area contributed by atoms with Crippen LogP contribution in [0, 0.1) is 11.8 Å². The predicted octanol–water partition coefficient (Wildman–Crippen LogP) is 8.30. The van der Waals surface area contributed by atoms with Crippen LogP contribution < -0.4 is 14.8 Å². The van der Waals surface area contributed by atoms with Gasteiger partial charge < -0.3 is 24.6 Å². The largest absolute Gasteiger partial charge is 0.493 e. The minimum absolute atomic E-state index is 0.0426. The number of benzene rings is 2. The zero-order valence-electron chi connectivity index (χ0n) is 30.5. The van der Waals surface area contributed by atoms with Crippen LogP contribution in [0.1, 0.15) is 94.0 Å². The molecular formula is C42H54ClN3O5. The van der Waals surface area contributed by atoms with Gasteiger partial charge in [-0.3, -0.25) is 9.88 Å². The molecule has 4 atom stereocenters. The van der Waals surface area contributed by atoms with Crippen LogP contribution in [0.2, 0.25) is 5.02 Å². The number of aromatic nitrogens is 1. The average Bonchev–Trinajstić information content (AvgIpc) is 3.40. The van der Waals surface area contributed by atoms with Crippen molar-refractivity contribution >= 4 is 23.3 Å². The Labute approximate surface area is 308 Å². The number of hydrogen-bond acceptors (Lipinski definition) is 7. The Morgan fingerprint density at radius 1 is 1.12 bits per heavy atom. The molecule has 8 nitrogen and oxygen atoms in total. The van der Waals surface area contributed by atoms with Crippen LogP contribution in [0.4, 0.5) is 5.69 Å². The molecule has 274 valence electrons. The monoisotopic (exact) mass is 715 g/mol. The Bertz CT molecular complexity index is 1680. The second-order valence-electron chi connectivity index (χ2n) is 15.9. The standard InChI is InChI=1S/C42H54ClN3O5/c1-28(27-50-38-12-17-44-37-9-4-6-29(2)39(37)38)22-32-23-31-10-11-35(51-30(3)26-46-18-20-49-21-19-46)25-36(31)41(32)13-15-42(16-14-41,40(47)48)45-34-8-5-7-33(43)24-34/h5,7-8,10-12,17,24-25,28-30,32,45H,4,6,9,13-16,18-23,26-27H2,1-3H3,(H,47,48)/t28-,29-,30-,32+,41?,42?/m1/s1. The number of pyridine rings is 1. The number of anilines is 1. The first-order valence-corrected chi connectivity index (χ1v) is 19.5. The van der Waals surface area contributed by atoms with E-state index in [0.29, 0.717) is 42.2 Å². The average molecular weight is 716 g/mol. The number of morpholine rings is 1. The summed E-state index contributed by atoms with van der Waals surface area (Å²) in [6.45, 7) is 11.7. The fraction of sp³-hybridized carbons (Fsp3) is 0.571. The van der Waals surface area contributed by atoms with Crippen molar-refractivity contribution in [2.45, 2.75) is 102 Å². The number of hydrogen-bond donors (Lipinski definition) is 2. The van der Waals surface area contributed by atoms with Gasteiger partial charge >= 0.3 is 5.97 Å². The maximum atomic E-state index is 13.0. The van der Waals surface area contributed by atoms with Crippen LogP contribution in [-0.2, 0) is 27.8 Å². The Kier molecular flexibility index (Phi) is 10.8. The minimum Gasteiger partial charge on any atom is -0.493 e. The number of halogens is 1. The normalized spacial score (nSPS) is 27.3. The second-order valence-corrected chi connectivity index (χ2v) is 16.3. The van der Waals surface area contributed by atoms with Crippen molar-refractivity contribution in [1.29, 1.82) is 0 Å². The van der Waals surface area contributed by atoms with Crippen molar-refractivity contribution in [3.05, 3.63) is 82.1 Å². The SMILES string of the molecule is C[C@@H](COc1ccnc2c1[C@H](C)CCC2)C[C@H]1Cc2ccc(O[C@H](C)CN3CCOCC3)cc2C12CCC(Nc1cccc(Cl)c1)(C(=O)O)CC2. The molecule has 7 rings (SSSR count). The van der Waals surface area contributed by atoms with Gasteiger partial charge in [-0.05, 0) is 135 Å². The van der Waals surface area contributed by atoms with Crippen molar-refractivity contribution in [3.63, 3.8) is 0 Å². The van der Waals surface area contributed by atoms with Crippen molar-refractivity contribution in [1.82, 2.24) is 9.88 Å². The molecule has 0 radical (unpaired) electrons. The molecule has 2 fully saturated rings. The zero-order valence-corrected chi connectivity index (χ0v) is 31.2. The van der Waals surface area contributed by atoms with Crippen molar-refractivity contribution in [2.75, 3.05) is 44.8 Å².